The van der Waals surface area contributed by atoms with Gasteiger partial charge in [-0.05, 0) is 42.9 Å². The maximum atomic E-state index is 11.7. The average Bonchev–Trinajstić information content (AvgIpc) is 2.75. The van der Waals surface area contributed by atoms with Gasteiger partial charge in [-0.3, -0.25) is 9.59 Å². The number of carbonyl (C=O) groups is 2. The predicted octanol–water partition coefficient (Wildman–Crippen LogP) is 1.31. The van der Waals surface area contributed by atoms with Crippen molar-refractivity contribution in [1.82, 2.24) is 5.32 Å². The number of aryl methyl sites for hydroxylation is 2. The molecule has 0 aromatic heterocycles. The van der Waals surface area contributed by atoms with Crippen LogP contribution in [0.15, 0.2) is 18.2 Å². The number of amides is 1. The summed E-state index contributed by atoms with van der Waals surface area (Å²) in [6, 6.07) is 5.25. The van der Waals surface area contributed by atoms with Gasteiger partial charge in [0.25, 0.3) is 0 Å². The Kier molecular flexibility index (Phi) is 3.65. The minimum absolute atomic E-state index is 0.241. The van der Waals surface area contributed by atoms with Gasteiger partial charge in [-0.1, -0.05) is 18.2 Å². The lowest BCUT2D eigenvalue weighted by atomic mass is 10.0. The average molecular weight is 247 g/mol. The summed E-state index contributed by atoms with van der Waals surface area (Å²) in [6.45, 7) is 1.46. The van der Waals surface area contributed by atoms with Crippen molar-refractivity contribution in [2.75, 3.05) is 0 Å². The molecule has 96 valence electrons. The van der Waals surface area contributed by atoms with Gasteiger partial charge >= 0.3 is 5.97 Å². The molecule has 1 amide bonds. The van der Waals surface area contributed by atoms with E-state index in [1.807, 2.05) is 6.07 Å². The van der Waals surface area contributed by atoms with Crippen LogP contribution in [-0.2, 0) is 28.9 Å². The zero-order valence-corrected chi connectivity index (χ0v) is 10.4. The summed E-state index contributed by atoms with van der Waals surface area (Å²) < 4.78 is 0. The highest BCUT2D eigenvalue weighted by molar-refractivity contribution is 5.84. The summed E-state index contributed by atoms with van der Waals surface area (Å²) in [5.41, 5.74) is 3.65. The summed E-state index contributed by atoms with van der Waals surface area (Å²) in [5, 5.41) is 11.2. The standard InChI is InChI=1S/C14H17NO3/c1-9(14(17)18)15-13(16)8-10-5-6-11-3-2-4-12(11)7-10/h5-7,9H,2-4,8H2,1H3,(H,15,16)(H,17,18). The SMILES string of the molecule is CC(NC(=O)Cc1ccc2c(c1)CCC2)C(=O)O. The molecular weight excluding hydrogens is 230 g/mol. The van der Waals surface area contributed by atoms with Crippen LogP contribution >= 0.6 is 0 Å². The van der Waals surface area contributed by atoms with Crippen LogP contribution in [0, 0.1) is 0 Å². The number of aliphatic carboxylic acids is 1. The number of hydrogen-bond acceptors (Lipinski definition) is 2. The van der Waals surface area contributed by atoms with Gasteiger partial charge < -0.3 is 10.4 Å². The van der Waals surface area contributed by atoms with E-state index in [0.717, 1.165) is 18.4 Å². The molecule has 4 heteroatoms. The van der Waals surface area contributed by atoms with Crippen molar-refractivity contribution in [1.29, 1.82) is 0 Å². The first-order valence-electron chi connectivity index (χ1n) is 6.19. The summed E-state index contributed by atoms with van der Waals surface area (Å²) in [4.78, 5) is 22.3. The van der Waals surface area contributed by atoms with E-state index in [0.29, 0.717) is 0 Å². The molecule has 1 aromatic carbocycles. The Balaban J connectivity index is 1.97. The molecule has 1 aromatic rings. The first-order chi connectivity index (χ1) is 8.56. The van der Waals surface area contributed by atoms with Crippen LogP contribution in [0.25, 0.3) is 0 Å². The lowest BCUT2D eigenvalue weighted by Gasteiger charge is -2.10. The number of nitrogens with one attached hydrogen (secondary N) is 1. The number of fused-ring (bicyclic) bond motifs is 1. The fourth-order valence-electron chi connectivity index (χ4n) is 2.27. The second kappa shape index (κ2) is 5.21. The summed E-state index contributed by atoms with van der Waals surface area (Å²) in [5.74, 6) is -1.26. The molecule has 0 saturated heterocycles. The Labute approximate surface area is 106 Å². The number of carboxylic acids is 1. The van der Waals surface area contributed by atoms with Crippen LogP contribution in [0.5, 0.6) is 0 Å². The fraction of sp³-hybridized carbons (Fsp3) is 0.429. The fourth-order valence-corrected chi connectivity index (χ4v) is 2.27. The van der Waals surface area contributed by atoms with Crippen molar-refractivity contribution in [3.8, 4) is 0 Å². The Morgan fingerprint density at radius 2 is 2.06 bits per heavy atom. The number of carbonyl (C=O) groups excluding carboxylic acids is 1. The van der Waals surface area contributed by atoms with Crippen LogP contribution in [-0.4, -0.2) is 23.0 Å². The summed E-state index contributed by atoms with van der Waals surface area (Å²) in [7, 11) is 0. The smallest absolute Gasteiger partial charge is 0.325 e. The van der Waals surface area contributed by atoms with E-state index in [4.69, 9.17) is 5.11 Å². The number of hydrogen-bond donors (Lipinski definition) is 2. The van der Waals surface area contributed by atoms with Crippen LogP contribution in [0.2, 0.25) is 0 Å². The molecule has 2 N–H and O–H groups in total. The van der Waals surface area contributed by atoms with Crippen molar-refractivity contribution in [2.45, 2.75) is 38.6 Å². The molecule has 1 aliphatic rings. The number of rotatable bonds is 4. The topological polar surface area (TPSA) is 66.4 Å². The van der Waals surface area contributed by atoms with E-state index >= 15 is 0 Å². The van der Waals surface area contributed by atoms with Gasteiger partial charge in [-0.2, -0.15) is 0 Å². The van der Waals surface area contributed by atoms with Gasteiger partial charge in [0.05, 0.1) is 6.42 Å². The maximum absolute atomic E-state index is 11.7. The zero-order valence-electron chi connectivity index (χ0n) is 10.4. The van der Waals surface area contributed by atoms with Gasteiger partial charge in [-0.25, -0.2) is 0 Å². The highest BCUT2D eigenvalue weighted by Crippen LogP contribution is 2.22. The third-order valence-electron chi connectivity index (χ3n) is 3.28. The van der Waals surface area contributed by atoms with E-state index in [-0.39, 0.29) is 12.3 Å². The molecule has 4 nitrogen and oxygen atoms in total. The van der Waals surface area contributed by atoms with Gasteiger partial charge in [0, 0.05) is 0 Å². The highest BCUT2D eigenvalue weighted by atomic mass is 16.4. The molecule has 1 atom stereocenters. The van der Waals surface area contributed by atoms with Crippen LogP contribution in [0.1, 0.15) is 30.0 Å². The lowest BCUT2D eigenvalue weighted by Crippen LogP contribution is -2.39. The maximum Gasteiger partial charge on any atom is 0.325 e. The molecule has 0 radical (unpaired) electrons. The monoisotopic (exact) mass is 247 g/mol. The molecular formula is C14H17NO3. The minimum atomic E-state index is -1.02. The van der Waals surface area contributed by atoms with Crippen LogP contribution in [0.3, 0.4) is 0 Å². The van der Waals surface area contributed by atoms with Crippen molar-refractivity contribution in [3.63, 3.8) is 0 Å². The van der Waals surface area contributed by atoms with E-state index < -0.39 is 12.0 Å². The van der Waals surface area contributed by atoms with Gasteiger partial charge in [0.2, 0.25) is 5.91 Å². The van der Waals surface area contributed by atoms with Crippen LogP contribution < -0.4 is 5.32 Å². The first-order valence-corrected chi connectivity index (χ1v) is 6.19. The normalized spacial score (nSPS) is 14.9. The van der Waals surface area contributed by atoms with E-state index in [1.54, 1.807) is 0 Å². The molecule has 0 saturated carbocycles. The van der Waals surface area contributed by atoms with Crippen molar-refractivity contribution < 1.29 is 14.7 Å². The molecule has 0 aliphatic heterocycles. The quantitative estimate of drug-likeness (QED) is 0.843. The second-order valence-electron chi connectivity index (χ2n) is 4.76. The van der Waals surface area contributed by atoms with Crippen molar-refractivity contribution >= 4 is 11.9 Å². The van der Waals surface area contributed by atoms with Gasteiger partial charge in [-0.15, -0.1) is 0 Å². The Hall–Kier alpha value is -1.84. The molecule has 2 rings (SSSR count). The van der Waals surface area contributed by atoms with Crippen LogP contribution in [0.4, 0.5) is 0 Å². The second-order valence-corrected chi connectivity index (χ2v) is 4.76. The number of carboxylic acid groups (broad SMARTS) is 1. The summed E-state index contributed by atoms with van der Waals surface area (Å²) >= 11 is 0. The number of benzene rings is 1. The predicted molar refractivity (Wildman–Crippen MR) is 67.4 cm³/mol. The first kappa shape index (κ1) is 12.6. The molecule has 0 spiro atoms. The minimum Gasteiger partial charge on any atom is -0.480 e. The van der Waals surface area contributed by atoms with E-state index in [2.05, 4.69) is 17.4 Å². The third kappa shape index (κ3) is 2.88. The zero-order chi connectivity index (χ0) is 13.1. The van der Waals surface area contributed by atoms with E-state index in [1.165, 1.54) is 24.5 Å². The van der Waals surface area contributed by atoms with E-state index in [9.17, 15) is 9.59 Å². The Bertz CT molecular complexity index is 482. The van der Waals surface area contributed by atoms with Gasteiger partial charge in [0.1, 0.15) is 6.04 Å². The third-order valence-corrected chi connectivity index (χ3v) is 3.28. The van der Waals surface area contributed by atoms with Crippen molar-refractivity contribution in [3.05, 3.63) is 34.9 Å². The molecule has 0 fully saturated rings. The Morgan fingerprint density at radius 1 is 1.33 bits per heavy atom. The highest BCUT2D eigenvalue weighted by Gasteiger charge is 2.15. The van der Waals surface area contributed by atoms with Crippen molar-refractivity contribution in [2.24, 2.45) is 0 Å². The lowest BCUT2D eigenvalue weighted by molar-refractivity contribution is -0.141. The molecule has 18 heavy (non-hydrogen) atoms. The largest absolute Gasteiger partial charge is 0.480 e. The Morgan fingerprint density at radius 3 is 2.78 bits per heavy atom. The molecule has 1 aliphatic carbocycles. The molecule has 0 bridgehead atoms. The molecule has 0 heterocycles. The summed E-state index contributed by atoms with van der Waals surface area (Å²) in [6.07, 6.45) is 3.63. The van der Waals surface area contributed by atoms with Gasteiger partial charge in [0.15, 0.2) is 0 Å². The molecule has 1 unspecified atom stereocenters.